The molecule has 0 saturated carbocycles. The summed E-state index contributed by atoms with van der Waals surface area (Å²) in [6, 6.07) is 21.9. The second kappa shape index (κ2) is 8.66. The van der Waals surface area contributed by atoms with Crippen molar-refractivity contribution in [3.05, 3.63) is 100 Å². The number of amides is 2. The molecule has 1 heterocycles. The van der Waals surface area contributed by atoms with E-state index in [9.17, 15) is 9.59 Å². The summed E-state index contributed by atoms with van der Waals surface area (Å²) >= 11 is 6.25. The lowest BCUT2D eigenvalue weighted by Gasteiger charge is -2.17. The Hall–Kier alpha value is -3.57. The molecule has 0 radical (unpaired) electrons. The number of hydrogen-bond donors (Lipinski definition) is 1. The number of nitrogens with one attached hydrogen (secondary N) is 1. The van der Waals surface area contributed by atoms with E-state index in [0.717, 1.165) is 11.1 Å². The number of halogens is 1. The molecule has 0 spiro atoms. The monoisotopic (exact) mass is 432 g/mol. The summed E-state index contributed by atoms with van der Waals surface area (Å²) in [6.07, 6.45) is 0. The predicted octanol–water partition coefficient (Wildman–Crippen LogP) is 5.05. The molecular formula is C25H21ClN2O3. The van der Waals surface area contributed by atoms with Gasteiger partial charge in [-0.15, -0.1) is 0 Å². The van der Waals surface area contributed by atoms with E-state index in [2.05, 4.69) is 5.32 Å². The highest BCUT2D eigenvalue weighted by Gasteiger charge is 2.39. The molecular weight excluding hydrogens is 412 g/mol. The number of hydrogen-bond acceptors (Lipinski definition) is 4. The van der Waals surface area contributed by atoms with Gasteiger partial charge in [0.15, 0.2) is 0 Å². The molecule has 0 aromatic heterocycles. The lowest BCUT2D eigenvalue weighted by molar-refractivity contribution is -0.137. The van der Waals surface area contributed by atoms with Crippen LogP contribution in [0.4, 0.5) is 5.69 Å². The van der Waals surface area contributed by atoms with Gasteiger partial charge in [-0.25, -0.2) is 0 Å². The number of rotatable bonds is 6. The fraction of sp³-hybridized carbons (Fsp3) is 0.120. The van der Waals surface area contributed by atoms with Crippen LogP contribution in [0.1, 0.15) is 16.7 Å². The minimum Gasteiger partial charge on any atom is -0.496 e. The first-order valence-electron chi connectivity index (χ1n) is 9.81. The second-order valence-corrected chi connectivity index (χ2v) is 7.57. The van der Waals surface area contributed by atoms with Gasteiger partial charge in [-0.1, -0.05) is 66.2 Å². The fourth-order valence-corrected chi connectivity index (χ4v) is 3.76. The van der Waals surface area contributed by atoms with Crippen LogP contribution >= 0.6 is 11.6 Å². The smallest absolute Gasteiger partial charge is 0.278 e. The number of carbonyl (C=O) groups is 2. The number of nitrogens with zero attached hydrogens (tertiary/aromatic N) is 1. The molecule has 156 valence electrons. The van der Waals surface area contributed by atoms with E-state index in [4.69, 9.17) is 16.3 Å². The van der Waals surface area contributed by atoms with Gasteiger partial charge in [-0.3, -0.25) is 14.5 Å². The average molecular weight is 433 g/mol. The molecule has 0 unspecified atom stereocenters. The highest BCUT2D eigenvalue weighted by atomic mass is 35.5. The van der Waals surface area contributed by atoms with E-state index >= 15 is 0 Å². The van der Waals surface area contributed by atoms with Gasteiger partial charge < -0.3 is 10.1 Å². The quantitative estimate of drug-likeness (QED) is 0.554. The molecule has 1 N–H and O–H groups in total. The lowest BCUT2D eigenvalue weighted by atomic mass is 10.0. The summed E-state index contributed by atoms with van der Waals surface area (Å²) in [7, 11) is 1.56. The Kier molecular flexibility index (Phi) is 5.78. The van der Waals surface area contributed by atoms with E-state index in [1.165, 1.54) is 4.90 Å². The van der Waals surface area contributed by atoms with Crippen LogP contribution in [-0.4, -0.2) is 23.8 Å². The van der Waals surface area contributed by atoms with Gasteiger partial charge in [0.2, 0.25) is 0 Å². The molecule has 0 aliphatic carbocycles. The number of imide groups is 1. The highest BCUT2D eigenvalue weighted by molar-refractivity contribution is 6.36. The highest BCUT2D eigenvalue weighted by Crippen LogP contribution is 2.34. The molecule has 4 rings (SSSR count). The van der Waals surface area contributed by atoms with Crippen molar-refractivity contribution in [3.63, 3.8) is 0 Å². The molecule has 0 bridgehead atoms. The Labute approximate surface area is 185 Å². The van der Waals surface area contributed by atoms with Gasteiger partial charge in [0.1, 0.15) is 11.4 Å². The van der Waals surface area contributed by atoms with E-state index in [-0.39, 0.29) is 18.1 Å². The maximum atomic E-state index is 13.4. The van der Waals surface area contributed by atoms with Gasteiger partial charge in [0.05, 0.1) is 19.2 Å². The molecule has 31 heavy (non-hydrogen) atoms. The van der Waals surface area contributed by atoms with E-state index in [1.807, 2.05) is 61.5 Å². The van der Waals surface area contributed by atoms with Crippen LogP contribution in [0.15, 0.2) is 78.5 Å². The lowest BCUT2D eigenvalue weighted by Crippen LogP contribution is -2.32. The molecule has 2 amide bonds. The van der Waals surface area contributed by atoms with Crippen LogP contribution in [-0.2, 0) is 16.1 Å². The zero-order valence-corrected chi connectivity index (χ0v) is 17.9. The number of carbonyl (C=O) groups excluding carboxylic acids is 2. The van der Waals surface area contributed by atoms with Gasteiger partial charge in [0.25, 0.3) is 11.8 Å². The van der Waals surface area contributed by atoms with Crippen molar-refractivity contribution in [2.45, 2.75) is 13.5 Å². The van der Waals surface area contributed by atoms with Crippen molar-refractivity contribution >= 4 is 34.7 Å². The number of ether oxygens (including phenoxy) is 1. The molecule has 3 aromatic rings. The third-order valence-corrected chi connectivity index (χ3v) is 5.69. The largest absolute Gasteiger partial charge is 0.496 e. The van der Waals surface area contributed by atoms with Crippen molar-refractivity contribution in [1.82, 2.24) is 4.90 Å². The van der Waals surface area contributed by atoms with Crippen LogP contribution < -0.4 is 10.1 Å². The van der Waals surface area contributed by atoms with Crippen LogP contribution in [0.5, 0.6) is 5.75 Å². The Balaban J connectivity index is 1.76. The number of para-hydroxylation sites is 1. The molecule has 0 saturated heterocycles. The van der Waals surface area contributed by atoms with Crippen molar-refractivity contribution < 1.29 is 14.3 Å². The summed E-state index contributed by atoms with van der Waals surface area (Å²) < 4.78 is 5.40. The fourth-order valence-electron chi connectivity index (χ4n) is 3.59. The molecule has 1 aliphatic rings. The van der Waals surface area contributed by atoms with E-state index in [1.54, 1.807) is 25.3 Å². The Morgan fingerprint density at radius 1 is 0.903 bits per heavy atom. The standard InChI is InChI=1S/C25H21ClN2O3/c1-16-19(26)12-8-13-20(16)27-23-22(17-9-4-3-5-10-17)24(29)28(25(23)30)15-18-11-6-7-14-21(18)31-2/h3-14,27H,15H2,1-2H3. The zero-order chi connectivity index (χ0) is 22.0. The Morgan fingerprint density at radius 3 is 2.35 bits per heavy atom. The summed E-state index contributed by atoms with van der Waals surface area (Å²) in [5, 5.41) is 3.75. The van der Waals surface area contributed by atoms with Gasteiger partial charge in [-0.2, -0.15) is 0 Å². The van der Waals surface area contributed by atoms with Gasteiger partial charge >= 0.3 is 0 Å². The minimum absolute atomic E-state index is 0.109. The molecule has 1 aliphatic heterocycles. The Morgan fingerprint density at radius 2 is 1.61 bits per heavy atom. The third-order valence-electron chi connectivity index (χ3n) is 5.28. The van der Waals surface area contributed by atoms with Crippen molar-refractivity contribution in [2.75, 3.05) is 12.4 Å². The predicted molar refractivity (Wildman–Crippen MR) is 122 cm³/mol. The minimum atomic E-state index is -0.394. The molecule has 5 nitrogen and oxygen atoms in total. The normalized spacial score (nSPS) is 13.7. The summed E-state index contributed by atoms with van der Waals surface area (Å²) in [5.74, 6) is -0.130. The Bertz CT molecular complexity index is 1190. The topological polar surface area (TPSA) is 58.6 Å². The molecule has 0 atom stereocenters. The maximum Gasteiger partial charge on any atom is 0.278 e. The van der Waals surface area contributed by atoms with Crippen LogP contribution in [0.3, 0.4) is 0 Å². The first kappa shape index (κ1) is 20.7. The maximum absolute atomic E-state index is 13.4. The van der Waals surface area contributed by atoms with Crippen LogP contribution in [0.2, 0.25) is 5.02 Å². The first-order valence-corrected chi connectivity index (χ1v) is 10.2. The van der Waals surface area contributed by atoms with Crippen LogP contribution in [0, 0.1) is 6.92 Å². The molecule has 6 heteroatoms. The molecule has 0 fully saturated rings. The van der Waals surface area contributed by atoms with Crippen molar-refractivity contribution in [3.8, 4) is 5.75 Å². The van der Waals surface area contributed by atoms with E-state index in [0.29, 0.717) is 27.6 Å². The summed E-state index contributed by atoms with van der Waals surface area (Å²) in [4.78, 5) is 28.1. The van der Waals surface area contributed by atoms with Crippen LogP contribution in [0.25, 0.3) is 5.57 Å². The van der Waals surface area contributed by atoms with Gasteiger partial charge in [-0.05, 0) is 36.2 Å². The van der Waals surface area contributed by atoms with E-state index < -0.39 is 5.91 Å². The van der Waals surface area contributed by atoms with Crippen molar-refractivity contribution in [1.29, 1.82) is 0 Å². The second-order valence-electron chi connectivity index (χ2n) is 7.16. The summed E-state index contributed by atoms with van der Waals surface area (Å²) in [5.41, 5.74) is 3.46. The average Bonchev–Trinajstić information content (AvgIpc) is 3.02. The van der Waals surface area contributed by atoms with Gasteiger partial charge in [0, 0.05) is 16.3 Å². The zero-order valence-electron chi connectivity index (χ0n) is 17.2. The number of benzene rings is 3. The number of anilines is 1. The summed E-state index contributed by atoms with van der Waals surface area (Å²) in [6.45, 7) is 1.97. The third kappa shape index (κ3) is 3.92. The number of methoxy groups -OCH3 is 1. The molecule has 3 aromatic carbocycles. The first-order chi connectivity index (χ1) is 15.0. The SMILES string of the molecule is COc1ccccc1CN1C(=O)C(Nc2cccc(Cl)c2C)=C(c2ccccc2)C1=O. The van der Waals surface area contributed by atoms with Crippen molar-refractivity contribution in [2.24, 2.45) is 0 Å².